The summed E-state index contributed by atoms with van der Waals surface area (Å²) in [5.74, 6) is 1.45. The first-order valence-corrected chi connectivity index (χ1v) is 16.7. The van der Waals surface area contributed by atoms with Crippen LogP contribution in [0.3, 0.4) is 0 Å². The number of esters is 1. The fraction of sp³-hybridized carbons (Fsp3) is 0.568. The van der Waals surface area contributed by atoms with Crippen LogP contribution in [0.5, 0.6) is 5.75 Å². The van der Waals surface area contributed by atoms with Gasteiger partial charge in [-0.1, -0.05) is 38.1 Å². The SMILES string of the molecule is CCOC(=O)COCCN1CCN(CCOCCOc2ccc(-c3ccc(C)c(C4=C(OCC)CC(C)(C)CC4=O)c3)cc2)CC1. The molecule has 9 nitrogen and oxygen atoms in total. The Kier molecular flexibility index (Phi) is 13.6. The smallest absolute Gasteiger partial charge is 0.332 e. The van der Waals surface area contributed by atoms with Crippen LogP contribution in [-0.4, -0.2) is 107 Å². The molecule has 4 rings (SSSR count). The molecule has 2 aromatic carbocycles. The van der Waals surface area contributed by atoms with Gasteiger partial charge in [-0.3, -0.25) is 14.6 Å². The Labute approximate surface area is 274 Å². The Bertz CT molecular complexity index is 1310. The van der Waals surface area contributed by atoms with E-state index in [1.54, 1.807) is 6.92 Å². The highest BCUT2D eigenvalue weighted by molar-refractivity contribution is 6.22. The molecule has 1 aliphatic heterocycles. The quantitative estimate of drug-likeness (QED) is 0.168. The maximum absolute atomic E-state index is 13.3. The Morgan fingerprint density at radius 1 is 0.783 bits per heavy atom. The largest absolute Gasteiger partial charge is 0.497 e. The van der Waals surface area contributed by atoms with Crippen LogP contribution in [0.15, 0.2) is 48.2 Å². The fourth-order valence-corrected chi connectivity index (χ4v) is 5.98. The van der Waals surface area contributed by atoms with Gasteiger partial charge in [0, 0.05) is 52.1 Å². The van der Waals surface area contributed by atoms with E-state index < -0.39 is 0 Å². The molecule has 0 atom stereocenters. The second kappa shape index (κ2) is 17.6. The standard InChI is InChI=1S/C37H52N2O7/c1-6-44-34-26-37(4,5)25-33(40)36(34)32-24-30(9-8-28(32)3)29-10-12-31(13-11-29)46-23-22-42-20-18-38-14-16-39(17-15-38)19-21-43-27-35(41)45-7-2/h8-13,24H,6-7,14-23,25-27H2,1-5H3. The fourth-order valence-electron chi connectivity index (χ4n) is 5.98. The van der Waals surface area contributed by atoms with E-state index in [1.807, 2.05) is 19.1 Å². The number of carbonyl (C=O) groups is 2. The number of ether oxygens (including phenoxy) is 5. The lowest BCUT2D eigenvalue weighted by molar-refractivity contribution is -0.148. The normalized spacial score (nSPS) is 17.3. The first-order chi connectivity index (χ1) is 22.2. The molecule has 1 aliphatic carbocycles. The summed E-state index contributed by atoms with van der Waals surface area (Å²) in [6.45, 7) is 18.9. The maximum Gasteiger partial charge on any atom is 0.332 e. The Hall–Kier alpha value is -3.24. The molecule has 0 amide bonds. The van der Waals surface area contributed by atoms with Gasteiger partial charge in [0.25, 0.3) is 0 Å². The third kappa shape index (κ3) is 10.7. The van der Waals surface area contributed by atoms with Crippen molar-refractivity contribution in [3.63, 3.8) is 0 Å². The molecule has 2 aliphatic rings. The van der Waals surface area contributed by atoms with E-state index in [9.17, 15) is 9.59 Å². The van der Waals surface area contributed by atoms with E-state index in [0.29, 0.717) is 46.1 Å². The van der Waals surface area contributed by atoms with Crippen LogP contribution in [0, 0.1) is 12.3 Å². The number of piperazine rings is 1. The first-order valence-electron chi connectivity index (χ1n) is 16.7. The van der Waals surface area contributed by atoms with Gasteiger partial charge in [-0.15, -0.1) is 0 Å². The van der Waals surface area contributed by atoms with E-state index >= 15 is 0 Å². The highest BCUT2D eigenvalue weighted by Crippen LogP contribution is 2.42. The van der Waals surface area contributed by atoms with Crippen LogP contribution in [-0.2, 0) is 28.5 Å². The number of allylic oxidation sites excluding steroid dienone is 2. The van der Waals surface area contributed by atoms with E-state index in [0.717, 1.165) is 85.0 Å². The molecule has 1 heterocycles. The number of nitrogens with zero attached hydrogens (tertiary/aromatic N) is 2. The van der Waals surface area contributed by atoms with E-state index in [1.165, 1.54) is 0 Å². The minimum absolute atomic E-state index is 0.0203. The molecule has 0 bridgehead atoms. The lowest BCUT2D eigenvalue weighted by Crippen LogP contribution is -2.48. The topological polar surface area (TPSA) is 86.8 Å². The summed E-state index contributed by atoms with van der Waals surface area (Å²) in [6, 6.07) is 14.4. The minimum atomic E-state index is -0.308. The van der Waals surface area contributed by atoms with Crippen molar-refractivity contribution < 1.29 is 33.3 Å². The molecule has 1 fully saturated rings. The van der Waals surface area contributed by atoms with Gasteiger partial charge in [-0.25, -0.2) is 4.79 Å². The van der Waals surface area contributed by atoms with Crippen molar-refractivity contribution in [1.82, 2.24) is 9.80 Å². The summed E-state index contributed by atoms with van der Waals surface area (Å²) in [7, 11) is 0. The second-order valence-electron chi connectivity index (χ2n) is 12.7. The van der Waals surface area contributed by atoms with Crippen LogP contribution in [0.25, 0.3) is 16.7 Å². The lowest BCUT2D eigenvalue weighted by Gasteiger charge is -2.34. The summed E-state index contributed by atoms with van der Waals surface area (Å²) in [5, 5.41) is 0. The molecule has 0 saturated carbocycles. The summed E-state index contributed by atoms with van der Waals surface area (Å²) < 4.78 is 28.1. The molecule has 9 heteroatoms. The summed E-state index contributed by atoms with van der Waals surface area (Å²) >= 11 is 0. The van der Waals surface area contributed by atoms with Crippen molar-refractivity contribution in [2.45, 2.75) is 47.5 Å². The van der Waals surface area contributed by atoms with Gasteiger partial charge in [-0.05, 0) is 66.6 Å². The van der Waals surface area contributed by atoms with Crippen molar-refractivity contribution >= 4 is 17.3 Å². The zero-order chi connectivity index (χ0) is 32.9. The molecule has 252 valence electrons. The zero-order valence-corrected chi connectivity index (χ0v) is 28.4. The monoisotopic (exact) mass is 636 g/mol. The molecular weight excluding hydrogens is 584 g/mol. The van der Waals surface area contributed by atoms with Crippen LogP contribution in [0.2, 0.25) is 0 Å². The zero-order valence-electron chi connectivity index (χ0n) is 28.4. The number of rotatable bonds is 17. The van der Waals surface area contributed by atoms with Crippen LogP contribution in [0.4, 0.5) is 0 Å². The molecule has 0 aromatic heterocycles. The van der Waals surface area contributed by atoms with Crippen molar-refractivity contribution in [2.75, 3.05) is 85.5 Å². The van der Waals surface area contributed by atoms with Crippen molar-refractivity contribution in [3.8, 4) is 16.9 Å². The molecule has 1 saturated heterocycles. The Morgan fingerprint density at radius 2 is 1.43 bits per heavy atom. The Balaban J connectivity index is 1.17. The molecule has 0 spiro atoms. The predicted octanol–water partition coefficient (Wildman–Crippen LogP) is 5.39. The highest BCUT2D eigenvalue weighted by Gasteiger charge is 2.35. The molecule has 0 unspecified atom stereocenters. The maximum atomic E-state index is 13.3. The average molecular weight is 637 g/mol. The molecule has 2 aromatic rings. The molecule has 0 radical (unpaired) electrons. The van der Waals surface area contributed by atoms with Gasteiger partial charge < -0.3 is 23.7 Å². The number of Topliss-reactive ketones (excluding diaryl/α,β-unsaturated/α-hetero) is 1. The minimum Gasteiger partial charge on any atom is -0.497 e. The predicted molar refractivity (Wildman–Crippen MR) is 180 cm³/mol. The van der Waals surface area contributed by atoms with E-state index in [2.05, 4.69) is 60.9 Å². The van der Waals surface area contributed by atoms with Gasteiger partial charge in [0.2, 0.25) is 0 Å². The number of hydrogen-bond acceptors (Lipinski definition) is 9. The van der Waals surface area contributed by atoms with Gasteiger partial charge in [0.1, 0.15) is 24.7 Å². The van der Waals surface area contributed by atoms with Crippen LogP contribution < -0.4 is 4.74 Å². The van der Waals surface area contributed by atoms with Gasteiger partial charge >= 0.3 is 5.97 Å². The molecular formula is C37H52N2O7. The van der Waals surface area contributed by atoms with E-state index in [-0.39, 0.29) is 23.8 Å². The van der Waals surface area contributed by atoms with Gasteiger partial charge in [0.05, 0.1) is 38.6 Å². The molecule has 46 heavy (non-hydrogen) atoms. The number of benzene rings is 2. The first kappa shape index (κ1) is 35.6. The summed E-state index contributed by atoms with van der Waals surface area (Å²) in [6.07, 6.45) is 1.28. The lowest BCUT2D eigenvalue weighted by atomic mass is 9.74. The Morgan fingerprint density at radius 3 is 2.09 bits per heavy atom. The highest BCUT2D eigenvalue weighted by atomic mass is 16.6. The molecule has 0 N–H and O–H groups in total. The summed E-state index contributed by atoms with van der Waals surface area (Å²) in [4.78, 5) is 29.4. The average Bonchev–Trinajstić information content (AvgIpc) is 3.02. The number of ketones is 1. The van der Waals surface area contributed by atoms with Gasteiger partial charge in [0.15, 0.2) is 5.78 Å². The van der Waals surface area contributed by atoms with E-state index in [4.69, 9.17) is 23.7 Å². The number of aryl methyl sites for hydroxylation is 1. The van der Waals surface area contributed by atoms with Crippen molar-refractivity contribution in [3.05, 3.63) is 59.4 Å². The number of hydrogen-bond donors (Lipinski definition) is 0. The van der Waals surface area contributed by atoms with Crippen molar-refractivity contribution in [2.24, 2.45) is 5.41 Å². The van der Waals surface area contributed by atoms with Gasteiger partial charge in [-0.2, -0.15) is 0 Å². The second-order valence-corrected chi connectivity index (χ2v) is 12.7. The van der Waals surface area contributed by atoms with Crippen LogP contribution >= 0.6 is 0 Å². The van der Waals surface area contributed by atoms with Crippen LogP contribution in [0.1, 0.15) is 51.7 Å². The van der Waals surface area contributed by atoms with Crippen molar-refractivity contribution in [1.29, 1.82) is 0 Å². The third-order valence-corrected chi connectivity index (χ3v) is 8.44. The summed E-state index contributed by atoms with van der Waals surface area (Å²) in [5.41, 5.74) is 4.78. The number of carbonyl (C=O) groups excluding carboxylic acids is 2. The third-order valence-electron chi connectivity index (χ3n) is 8.44.